The summed E-state index contributed by atoms with van der Waals surface area (Å²) in [7, 11) is 0. The van der Waals surface area contributed by atoms with Crippen LogP contribution in [0.3, 0.4) is 0 Å². The Bertz CT molecular complexity index is 826. The summed E-state index contributed by atoms with van der Waals surface area (Å²) in [6.45, 7) is 4.24. The van der Waals surface area contributed by atoms with E-state index in [2.05, 4.69) is 12.0 Å². The third-order valence-corrected chi connectivity index (χ3v) is 5.06. The van der Waals surface area contributed by atoms with E-state index >= 15 is 0 Å². The molecular weight excluding hydrogens is 387 g/mol. The van der Waals surface area contributed by atoms with Crippen LogP contribution in [-0.4, -0.2) is 22.5 Å². The van der Waals surface area contributed by atoms with Crippen molar-refractivity contribution < 1.29 is 9.53 Å². The molecule has 0 bridgehead atoms. The van der Waals surface area contributed by atoms with Crippen molar-refractivity contribution in [2.24, 2.45) is 0 Å². The average molecular weight is 411 g/mol. The lowest BCUT2D eigenvalue weighted by molar-refractivity contribution is 0.140. The standard InChI is InChI=1S/C20H24Cl2N2O3/c1-3-4-5-6-7-8-11-27-20(26)24-19(25)10-9-18(23-24)15-12-16(21)14(2)17(22)13-15/h9-10,12-13H,3-8,11H2,1-2H3. The van der Waals surface area contributed by atoms with Crippen LogP contribution < -0.4 is 5.56 Å². The average Bonchev–Trinajstić information content (AvgIpc) is 2.65. The van der Waals surface area contributed by atoms with Crippen molar-refractivity contribution in [3.05, 3.63) is 50.2 Å². The summed E-state index contributed by atoms with van der Waals surface area (Å²) in [6.07, 6.45) is 5.71. The van der Waals surface area contributed by atoms with Crippen LogP contribution in [0.2, 0.25) is 10.0 Å². The number of nitrogens with zero attached hydrogens (tertiary/aromatic N) is 2. The molecule has 2 rings (SSSR count). The zero-order valence-electron chi connectivity index (χ0n) is 15.6. The SMILES string of the molecule is CCCCCCCCOC(=O)n1nc(-c2cc(Cl)c(C)c(Cl)c2)ccc1=O. The lowest BCUT2D eigenvalue weighted by Crippen LogP contribution is -2.30. The number of aromatic nitrogens is 2. The fraction of sp³-hybridized carbons (Fsp3) is 0.450. The van der Waals surface area contributed by atoms with E-state index < -0.39 is 11.7 Å². The maximum atomic E-state index is 12.2. The summed E-state index contributed by atoms with van der Waals surface area (Å²) in [6, 6.07) is 6.19. The highest BCUT2D eigenvalue weighted by Gasteiger charge is 2.13. The molecule has 0 saturated carbocycles. The molecule has 146 valence electrons. The molecular formula is C20H24Cl2N2O3. The second kappa shape index (κ2) is 10.5. The van der Waals surface area contributed by atoms with Gasteiger partial charge in [-0.1, -0.05) is 62.2 Å². The van der Waals surface area contributed by atoms with Gasteiger partial charge in [0, 0.05) is 21.7 Å². The Hall–Kier alpha value is -1.85. The van der Waals surface area contributed by atoms with E-state index in [1.165, 1.54) is 31.4 Å². The van der Waals surface area contributed by atoms with E-state index in [4.69, 9.17) is 27.9 Å². The van der Waals surface area contributed by atoms with Crippen LogP contribution in [0.15, 0.2) is 29.1 Å². The van der Waals surface area contributed by atoms with E-state index in [0.717, 1.165) is 29.5 Å². The Morgan fingerprint density at radius 3 is 2.37 bits per heavy atom. The molecule has 0 unspecified atom stereocenters. The zero-order valence-corrected chi connectivity index (χ0v) is 17.1. The van der Waals surface area contributed by atoms with Gasteiger partial charge in [-0.3, -0.25) is 4.79 Å². The predicted octanol–water partition coefficient (Wildman–Crippen LogP) is 5.87. The number of rotatable bonds is 8. The van der Waals surface area contributed by atoms with Gasteiger partial charge in [0.05, 0.1) is 12.3 Å². The summed E-state index contributed by atoms with van der Waals surface area (Å²) in [5, 5.41) is 5.08. The Morgan fingerprint density at radius 1 is 1.07 bits per heavy atom. The minimum absolute atomic E-state index is 0.269. The summed E-state index contributed by atoms with van der Waals surface area (Å²) in [5.74, 6) is 0. The number of ether oxygens (including phenoxy) is 1. The molecule has 27 heavy (non-hydrogen) atoms. The molecule has 5 nitrogen and oxygen atoms in total. The molecule has 0 aliphatic heterocycles. The van der Waals surface area contributed by atoms with Gasteiger partial charge in [0.15, 0.2) is 0 Å². The molecule has 1 heterocycles. The third kappa shape index (κ3) is 6.08. The molecule has 2 aromatic rings. The first kappa shape index (κ1) is 21.5. The van der Waals surface area contributed by atoms with Crippen molar-refractivity contribution in [1.29, 1.82) is 0 Å². The molecule has 0 spiro atoms. The molecule has 0 atom stereocenters. The van der Waals surface area contributed by atoms with Crippen LogP contribution in [0.4, 0.5) is 4.79 Å². The zero-order chi connectivity index (χ0) is 19.8. The normalized spacial score (nSPS) is 10.8. The number of carbonyl (C=O) groups is 1. The number of halogens is 2. The van der Waals surface area contributed by atoms with Gasteiger partial charge in [0.25, 0.3) is 5.56 Å². The molecule has 0 aliphatic carbocycles. The minimum atomic E-state index is -0.778. The summed E-state index contributed by atoms with van der Waals surface area (Å²) < 4.78 is 5.91. The van der Waals surface area contributed by atoms with Crippen molar-refractivity contribution in [3.8, 4) is 11.3 Å². The number of carbonyl (C=O) groups excluding carboxylic acids is 1. The number of benzene rings is 1. The van der Waals surface area contributed by atoms with E-state index in [9.17, 15) is 9.59 Å². The minimum Gasteiger partial charge on any atom is -0.448 e. The lowest BCUT2D eigenvalue weighted by Gasteiger charge is -2.09. The maximum Gasteiger partial charge on any atom is 0.438 e. The van der Waals surface area contributed by atoms with Crippen LogP contribution in [0.5, 0.6) is 0 Å². The fourth-order valence-corrected chi connectivity index (χ4v) is 3.08. The molecule has 0 amide bonds. The van der Waals surface area contributed by atoms with Crippen LogP contribution in [0.1, 0.15) is 51.0 Å². The van der Waals surface area contributed by atoms with Crippen LogP contribution in [0, 0.1) is 6.92 Å². The molecule has 0 radical (unpaired) electrons. The van der Waals surface area contributed by atoms with Gasteiger partial charge in [0.2, 0.25) is 0 Å². The predicted molar refractivity (Wildman–Crippen MR) is 109 cm³/mol. The molecule has 0 fully saturated rings. The van der Waals surface area contributed by atoms with Crippen molar-refractivity contribution in [2.45, 2.75) is 52.4 Å². The highest BCUT2D eigenvalue weighted by Crippen LogP contribution is 2.29. The quantitative estimate of drug-likeness (QED) is 0.510. The van der Waals surface area contributed by atoms with Gasteiger partial charge >= 0.3 is 6.09 Å². The van der Waals surface area contributed by atoms with Gasteiger partial charge in [-0.2, -0.15) is 5.10 Å². The second-order valence-electron chi connectivity index (χ2n) is 6.42. The van der Waals surface area contributed by atoms with Gasteiger partial charge in [0.1, 0.15) is 0 Å². The summed E-state index contributed by atoms with van der Waals surface area (Å²) in [4.78, 5) is 24.2. The van der Waals surface area contributed by atoms with Crippen LogP contribution in [0.25, 0.3) is 11.3 Å². The molecule has 0 N–H and O–H groups in total. The van der Waals surface area contributed by atoms with E-state index in [-0.39, 0.29) is 6.61 Å². The molecule has 7 heteroatoms. The topological polar surface area (TPSA) is 61.2 Å². The Labute approximate surface area is 169 Å². The van der Waals surface area contributed by atoms with E-state index in [1.807, 2.05) is 6.92 Å². The fourth-order valence-electron chi connectivity index (χ4n) is 2.59. The molecule has 0 saturated heterocycles. The molecule has 1 aromatic carbocycles. The van der Waals surface area contributed by atoms with E-state index in [0.29, 0.717) is 21.3 Å². The maximum absolute atomic E-state index is 12.2. The van der Waals surface area contributed by atoms with Crippen LogP contribution in [-0.2, 0) is 4.74 Å². The van der Waals surface area contributed by atoms with Gasteiger partial charge in [-0.15, -0.1) is 4.68 Å². The number of unbranched alkanes of at least 4 members (excludes halogenated alkanes) is 5. The van der Waals surface area contributed by atoms with Crippen molar-refractivity contribution >= 4 is 29.3 Å². The molecule has 0 aliphatic rings. The number of hydrogen-bond acceptors (Lipinski definition) is 4. The monoisotopic (exact) mass is 410 g/mol. The Balaban J connectivity index is 2.04. The van der Waals surface area contributed by atoms with E-state index in [1.54, 1.807) is 12.1 Å². The first-order chi connectivity index (χ1) is 12.9. The highest BCUT2D eigenvalue weighted by atomic mass is 35.5. The summed E-state index contributed by atoms with van der Waals surface area (Å²) in [5.41, 5.74) is 1.24. The van der Waals surface area contributed by atoms with Gasteiger partial charge in [-0.05, 0) is 37.1 Å². The Morgan fingerprint density at radius 2 is 1.70 bits per heavy atom. The largest absolute Gasteiger partial charge is 0.448 e. The van der Waals surface area contributed by atoms with Crippen molar-refractivity contribution in [3.63, 3.8) is 0 Å². The van der Waals surface area contributed by atoms with Crippen molar-refractivity contribution in [2.75, 3.05) is 6.61 Å². The van der Waals surface area contributed by atoms with Gasteiger partial charge < -0.3 is 4.74 Å². The first-order valence-corrected chi connectivity index (χ1v) is 9.93. The first-order valence-electron chi connectivity index (χ1n) is 9.17. The highest BCUT2D eigenvalue weighted by molar-refractivity contribution is 6.36. The molecule has 1 aromatic heterocycles. The second-order valence-corrected chi connectivity index (χ2v) is 7.23. The Kier molecular flexibility index (Phi) is 8.32. The van der Waals surface area contributed by atoms with Crippen molar-refractivity contribution in [1.82, 2.24) is 9.78 Å². The number of hydrogen-bond donors (Lipinski definition) is 0. The third-order valence-electron chi connectivity index (χ3n) is 4.27. The van der Waals surface area contributed by atoms with Gasteiger partial charge in [-0.25, -0.2) is 4.79 Å². The smallest absolute Gasteiger partial charge is 0.438 e. The lowest BCUT2D eigenvalue weighted by atomic mass is 10.1. The summed E-state index contributed by atoms with van der Waals surface area (Å²) >= 11 is 12.3. The van der Waals surface area contributed by atoms with Crippen LogP contribution >= 0.6 is 23.2 Å².